The van der Waals surface area contributed by atoms with Crippen molar-refractivity contribution >= 4 is 34.3 Å². The smallest absolute Gasteiger partial charge is 0.229 e. The number of nitrogens with zero attached hydrogens (tertiary/aromatic N) is 3. The first-order chi connectivity index (χ1) is 8.08. The SMILES string of the molecule is COc1nc(Cl)c(F)c2nc(SC)nc(O)c12. The lowest BCUT2D eigenvalue weighted by molar-refractivity contribution is 0.396. The molecule has 2 rings (SSSR count). The average Bonchev–Trinajstić information content (AvgIpc) is 2.33. The highest BCUT2D eigenvalue weighted by Gasteiger charge is 2.19. The first-order valence-electron chi connectivity index (χ1n) is 4.42. The van der Waals surface area contributed by atoms with Gasteiger partial charge in [0.2, 0.25) is 11.8 Å². The summed E-state index contributed by atoms with van der Waals surface area (Å²) in [5.74, 6) is -1.22. The second kappa shape index (κ2) is 4.50. The van der Waals surface area contributed by atoms with Gasteiger partial charge in [-0.25, -0.2) is 9.37 Å². The number of pyridine rings is 1. The number of fused-ring (bicyclic) bond motifs is 1. The van der Waals surface area contributed by atoms with Gasteiger partial charge in [-0.2, -0.15) is 9.97 Å². The molecule has 2 aromatic rings. The molecule has 0 aliphatic heterocycles. The van der Waals surface area contributed by atoms with Crippen molar-refractivity contribution in [3.05, 3.63) is 11.0 Å². The zero-order valence-electron chi connectivity index (χ0n) is 8.86. The fraction of sp³-hybridized carbons (Fsp3) is 0.222. The minimum atomic E-state index is -0.810. The van der Waals surface area contributed by atoms with Crippen LogP contribution < -0.4 is 4.74 Å². The van der Waals surface area contributed by atoms with E-state index >= 15 is 0 Å². The van der Waals surface area contributed by atoms with Crippen molar-refractivity contribution in [1.82, 2.24) is 15.0 Å². The van der Waals surface area contributed by atoms with Crippen LogP contribution in [0.3, 0.4) is 0 Å². The third kappa shape index (κ3) is 1.96. The molecule has 0 spiro atoms. The molecule has 90 valence electrons. The van der Waals surface area contributed by atoms with Crippen LogP contribution in [-0.4, -0.2) is 33.4 Å². The second-order valence-electron chi connectivity index (χ2n) is 2.98. The number of methoxy groups -OCH3 is 1. The number of thioether (sulfide) groups is 1. The molecule has 0 unspecified atom stereocenters. The maximum absolute atomic E-state index is 13.8. The molecule has 0 saturated carbocycles. The molecule has 0 aliphatic carbocycles. The van der Waals surface area contributed by atoms with Crippen LogP contribution in [0.25, 0.3) is 10.9 Å². The van der Waals surface area contributed by atoms with Gasteiger partial charge in [0.05, 0.1) is 7.11 Å². The predicted octanol–water partition coefficient (Wildman–Crippen LogP) is 2.25. The van der Waals surface area contributed by atoms with Crippen LogP contribution in [0.5, 0.6) is 11.8 Å². The Morgan fingerprint density at radius 2 is 2.06 bits per heavy atom. The van der Waals surface area contributed by atoms with Crippen LogP contribution in [0.1, 0.15) is 0 Å². The highest BCUT2D eigenvalue weighted by atomic mass is 35.5. The fourth-order valence-electron chi connectivity index (χ4n) is 1.32. The highest BCUT2D eigenvalue weighted by molar-refractivity contribution is 7.98. The van der Waals surface area contributed by atoms with Gasteiger partial charge in [0, 0.05) is 0 Å². The number of aromatic hydroxyl groups is 1. The van der Waals surface area contributed by atoms with Gasteiger partial charge in [0.1, 0.15) is 10.9 Å². The van der Waals surface area contributed by atoms with E-state index in [1.54, 1.807) is 6.26 Å². The van der Waals surface area contributed by atoms with Crippen molar-refractivity contribution in [3.8, 4) is 11.8 Å². The molecule has 17 heavy (non-hydrogen) atoms. The zero-order valence-corrected chi connectivity index (χ0v) is 10.4. The Bertz CT molecular complexity index is 596. The molecule has 0 radical (unpaired) electrons. The van der Waals surface area contributed by atoms with Gasteiger partial charge >= 0.3 is 0 Å². The molecular weight excluding hydrogens is 269 g/mol. The molecular formula is C9H7ClFN3O2S. The van der Waals surface area contributed by atoms with Crippen molar-refractivity contribution in [2.75, 3.05) is 13.4 Å². The van der Waals surface area contributed by atoms with E-state index in [1.807, 2.05) is 0 Å². The van der Waals surface area contributed by atoms with Gasteiger partial charge < -0.3 is 9.84 Å². The lowest BCUT2D eigenvalue weighted by Crippen LogP contribution is -1.98. The van der Waals surface area contributed by atoms with Crippen LogP contribution in [0.2, 0.25) is 5.15 Å². The Morgan fingerprint density at radius 3 is 2.65 bits per heavy atom. The average molecular weight is 276 g/mol. The summed E-state index contributed by atoms with van der Waals surface area (Å²) in [4.78, 5) is 11.4. The number of aromatic nitrogens is 3. The largest absolute Gasteiger partial charge is 0.493 e. The van der Waals surface area contributed by atoms with E-state index in [0.717, 1.165) is 0 Å². The topological polar surface area (TPSA) is 68.1 Å². The summed E-state index contributed by atoms with van der Waals surface area (Å²) in [6, 6.07) is 0. The highest BCUT2D eigenvalue weighted by Crippen LogP contribution is 2.34. The Kier molecular flexibility index (Phi) is 3.21. The summed E-state index contributed by atoms with van der Waals surface area (Å²) in [6.45, 7) is 0. The van der Waals surface area contributed by atoms with E-state index in [-0.39, 0.29) is 33.0 Å². The summed E-state index contributed by atoms with van der Waals surface area (Å²) in [7, 11) is 1.33. The van der Waals surface area contributed by atoms with Crippen molar-refractivity contribution in [2.24, 2.45) is 0 Å². The molecule has 0 amide bonds. The zero-order chi connectivity index (χ0) is 12.6. The van der Waals surface area contributed by atoms with E-state index in [0.29, 0.717) is 0 Å². The van der Waals surface area contributed by atoms with Crippen molar-refractivity contribution in [1.29, 1.82) is 0 Å². The maximum Gasteiger partial charge on any atom is 0.229 e. The first-order valence-corrected chi connectivity index (χ1v) is 6.02. The Labute approximate surface area is 105 Å². The van der Waals surface area contributed by atoms with Gasteiger partial charge in [0.25, 0.3) is 0 Å². The van der Waals surface area contributed by atoms with E-state index in [4.69, 9.17) is 16.3 Å². The fourth-order valence-corrected chi connectivity index (χ4v) is 1.84. The van der Waals surface area contributed by atoms with E-state index in [2.05, 4.69) is 15.0 Å². The van der Waals surface area contributed by atoms with Gasteiger partial charge in [-0.05, 0) is 6.26 Å². The Morgan fingerprint density at radius 1 is 1.35 bits per heavy atom. The minimum Gasteiger partial charge on any atom is -0.493 e. The maximum atomic E-state index is 13.8. The lowest BCUT2D eigenvalue weighted by Gasteiger charge is -2.08. The van der Waals surface area contributed by atoms with E-state index < -0.39 is 5.82 Å². The third-order valence-corrected chi connectivity index (χ3v) is 2.85. The summed E-state index contributed by atoms with van der Waals surface area (Å²) in [5, 5.41) is 9.60. The second-order valence-corrected chi connectivity index (χ2v) is 4.11. The van der Waals surface area contributed by atoms with Crippen LogP contribution in [0.4, 0.5) is 4.39 Å². The van der Waals surface area contributed by atoms with Gasteiger partial charge in [-0.15, -0.1) is 0 Å². The molecule has 0 saturated heterocycles. The molecule has 8 heteroatoms. The summed E-state index contributed by atoms with van der Waals surface area (Å²) in [5.41, 5.74) is -0.112. The number of hydrogen-bond acceptors (Lipinski definition) is 6. The van der Waals surface area contributed by atoms with Gasteiger partial charge in [-0.1, -0.05) is 23.4 Å². The summed E-state index contributed by atoms with van der Waals surface area (Å²) < 4.78 is 18.7. The van der Waals surface area contributed by atoms with E-state index in [1.165, 1.54) is 18.9 Å². The van der Waals surface area contributed by atoms with E-state index in [9.17, 15) is 9.50 Å². The summed E-state index contributed by atoms with van der Waals surface area (Å²) >= 11 is 6.78. The third-order valence-electron chi connectivity index (χ3n) is 2.05. The molecule has 2 heterocycles. The lowest BCUT2D eigenvalue weighted by atomic mass is 10.3. The normalized spacial score (nSPS) is 10.8. The molecule has 5 nitrogen and oxygen atoms in total. The van der Waals surface area contributed by atoms with Crippen molar-refractivity contribution in [2.45, 2.75) is 5.16 Å². The quantitative estimate of drug-likeness (QED) is 0.515. The van der Waals surface area contributed by atoms with Crippen molar-refractivity contribution < 1.29 is 14.2 Å². The first kappa shape index (κ1) is 12.1. The van der Waals surface area contributed by atoms with Gasteiger partial charge in [-0.3, -0.25) is 0 Å². The van der Waals surface area contributed by atoms with Crippen LogP contribution in [0.15, 0.2) is 5.16 Å². The number of ether oxygens (including phenoxy) is 1. The van der Waals surface area contributed by atoms with Crippen LogP contribution >= 0.6 is 23.4 Å². The minimum absolute atomic E-state index is 0.00667. The van der Waals surface area contributed by atoms with Crippen molar-refractivity contribution in [3.63, 3.8) is 0 Å². The number of rotatable bonds is 2. The molecule has 0 bridgehead atoms. The van der Waals surface area contributed by atoms with Crippen LogP contribution in [0, 0.1) is 5.82 Å². The predicted molar refractivity (Wildman–Crippen MR) is 62.3 cm³/mol. The Hall–Kier alpha value is -1.34. The molecule has 0 aliphatic rings. The Balaban J connectivity index is 2.92. The standard InChI is InChI=1S/C9H7ClFN3O2S/c1-16-8-3-5(4(11)6(10)13-8)12-9(17-2)14-7(3)15/h1-2H3,(H,12,14,15). The molecule has 1 N–H and O–H groups in total. The summed E-state index contributed by atoms with van der Waals surface area (Å²) in [6.07, 6.45) is 1.71. The van der Waals surface area contributed by atoms with Gasteiger partial charge in [0.15, 0.2) is 16.1 Å². The molecule has 0 atom stereocenters. The van der Waals surface area contributed by atoms with Crippen LogP contribution in [-0.2, 0) is 0 Å². The molecule has 0 fully saturated rings. The molecule has 0 aromatic carbocycles. The molecule has 2 aromatic heterocycles. The number of halogens is 2. The number of hydrogen-bond donors (Lipinski definition) is 1. The monoisotopic (exact) mass is 275 g/mol.